The van der Waals surface area contributed by atoms with Gasteiger partial charge in [0.15, 0.2) is 15.8 Å². The number of benzene rings is 1. The van der Waals surface area contributed by atoms with Crippen LogP contribution in [0.3, 0.4) is 0 Å². The zero-order valence-electron chi connectivity index (χ0n) is 17.2. The summed E-state index contributed by atoms with van der Waals surface area (Å²) in [5.74, 6) is 0.734. The Morgan fingerprint density at radius 1 is 1.21 bits per heavy atom. The summed E-state index contributed by atoms with van der Waals surface area (Å²) in [5, 5.41) is 6.55. The van der Waals surface area contributed by atoms with E-state index in [0.717, 1.165) is 36.7 Å². The number of hydrogen-bond donors (Lipinski definition) is 2. The molecule has 0 unspecified atom stereocenters. The smallest absolute Gasteiger partial charge is 0.191 e. The summed E-state index contributed by atoms with van der Waals surface area (Å²) < 4.78 is 29.3. The molecule has 0 aromatic heterocycles. The summed E-state index contributed by atoms with van der Waals surface area (Å²) >= 11 is 0. The van der Waals surface area contributed by atoms with Crippen molar-refractivity contribution in [1.29, 1.82) is 0 Å². The topological polar surface area (TPSA) is 79.8 Å². The minimum absolute atomic E-state index is 0. The van der Waals surface area contributed by atoms with Crippen LogP contribution in [0.2, 0.25) is 0 Å². The SMILES string of the molecule is CN=C(NCCCOC1CCCCC1)NCc1ccc(S(C)(=O)=O)c(C)c1.I. The number of guanidine groups is 1. The number of nitrogens with one attached hydrogen (secondary N) is 2. The third-order valence-electron chi connectivity index (χ3n) is 4.84. The molecule has 1 aliphatic rings. The molecule has 0 aliphatic heterocycles. The molecule has 1 aliphatic carbocycles. The van der Waals surface area contributed by atoms with Crippen LogP contribution in [0.5, 0.6) is 0 Å². The van der Waals surface area contributed by atoms with Crippen molar-refractivity contribution in [3.63, 3.8) is 0 Å². The van der Waals surface area contributed by atoms with Crippen LogP contribution >= 0.6 is 24.0 Å². The van der Waals surface area contributed by atoms with Gasteiger partial charge in [-0.1, -0.05) is 31.4 Å². The highest BCUT2D eigenvalue weighted by Crippen LogP contribution is 2.20. The lowest BCUT2D eigenvalue weighted by Crippen LogP contribution is -2.37. The van der Waals surface area contributed by atoms with Gasteiger partial charge in [-0.05, 0) is 43.4 Å². The lowest BCUT2D eigenvalue weighted by atomic mass is 9.98. The molecule has 8 heteroatoms. The number of rotatable bonds is 8. The summed E-state index contributed by atoms with van der Waals surface area (Å²) in [6.07, 6.45) is 8.97. The number of aliphatic imine (C=N–C) groups is 1. The number of ether oxygens (including phenoxy) is 1. The molecule has 0 spiro atoms. The maximum Gasteiger partial charge on any atom is 0.191 e. The molecule has 0 bridgehead atoms. The van der Waals surface area contributed by atoms with Crippen molar-refractivity contribution in [3.8, 4) is 0 Å². The Labute approximate surface area is 186 Å². The summed E-state index contributed by atoms with van der Waals surface area (Å²) in [7, 11) is -1.44. The van der Waals surface area contributed by atoms with Crippen LogP contribution in [-0.2, 0) is 21.1 Å². The molecular weight excluding hydrogens is 489 g/mol. The van der Waals surface area contributed by atoms with Gasteiger partial charge in [-0.25, -0.2) is 8.42 Å². The molecule has 0 saturated heterocycles. The van der Waals surface area contributed by atoms with E-state index in [0.29, 0.717) is 17.5 Å². The zero-order chi connectivity index (χ0) is 19.7. The van der Waals surface area contributed by atoms with Gasteiger partial charge in [-0.3, -0.25) is 4.99 Å². The Bertz CT molecular complexity index is 732. The first-order valence-corrected chi connectivity index (χ1v) is 11.6. The molecule has 28 heavy (non-hydrogen) atoms. The van der Waals surface area contributed by atoms with Gasteiger partial charge >= 0.3 is 0 Å². The van der Waals surface area contributed by atoms with E-state index in [4.69, 9.17) is 4.74 Å². The van der Waals surface area contributed by atoms with Gasteiger partial charge in [0.05, 0.1) is 11.0 Å². The van der Waals surface area contributed by atoms with Crippen molar-refractivity contribution < 1.29 is 13.2 Å². The Hall–Kier alpha value is -0.870. The first kappa shape index (κ1) is 25.2. The highest BCUT2D eigenvalue weighted by Gasteiger charge is 2.13. The number of aryl methyl sites for hydroxylation is 1. The van der Waals surface area contributed by atoms with Crippen molar-refractivity contribution in [2.45, 2.75) is 63.0 Å². The Kier molecular flexibility index (Phi) is 11.4. The van der Waals surface area contributed by atoms with Crippen LogP contribution < -0.4 is 10.6 Å². The van der Waals surface area contributed by atoms with Gasteiger partial charge in [0.25, 0.3) is 0 Å². The minimum Gasteiger partial charge on any atom is -0.378 e. The predicted octanol–water partition coefficient (Wildman–Crippen LogP) is 3.42. The number of hydrogen-bond acceptors (Lipinski definition) is 4. The van der Waals surface area contributed by atoms with Gasteiger partial charge in [0.1, 0.15) is 0 Å². The molecule has 0 heterocycles. The summed E-state index contributed by atoms with van der Waals surface area (Å²) in [6.45, 7) is 3.99. The molecule has 1 saturated carbocycles. The zero-order valence-corrected chi connectivity index (χ0v) is 20.3. The van der Waals surface area contributed by atoms with E-state index in [2.05, 4.69) is 15.6 Å². The van der Waals surface area contributed by atoms with Crippen LogP contribution in [0.1, 0.15) is 49.7 Å². The first-order valence-electron chi connectivity index (χ1n) is 9.76. The van der Waals surface area contributed by atoms with Crippen LogP contribution in [0, 0.1) is 6.92 Å². The van der Waals surface area contributed by atoms with Crippen molar-refractivity contribution in [2.75, 3.05) is 26.5 Å². The molecule has 1 aromatic rings. The monoisotopic (exact) mass is 523 g/mol. The second-order valence-electron chi connectivity index (χ2n) is 7.21. The van der Waals surface area contributed by atoms with E-state index in [-0.39, 0.29) is 24.0 Å². The summed E-state index contributed by atoms with van der Waals surface area (Å²) in [5.41, 5.74) is 1.78. The fourth-order valence-electron chi connectivity index (χ4n) is 3.40. The van der Waals surface area contributed by atoms with E-state index < -0.39 is 9.84 Å². The molecule has 160 valence electrons. The molecule has 0 amide bonds. The fourth-order valence-corrected chi connectivity index (χ4v) is 4.36. The van der Waals surface area contributed by atoms with E-state index in [9.17, 15) is 8.42 Å². The average molecular weight is 523 g/mol. The third kappa shape index (κ3) is 8.65. The lowest BCUT2D eigenvalue weighted by molar-refractivity contribution is 0.0277. The highest BCUT2D eigenvalue weighted by molar-refractivity contribution is 14.0. The lowest BCUT2D eigenvalue weighted by Gasteiger charge is -2.22. The Balaban J connectivity index is 0.00000392. The molecule has 6 nitrogen and oxygen atoms in total. The Morgan fingerprint density at radius 3 is 2.54 bits per heavy atom. The first-order chi connectivity index (χ1) is 12.9. The molecule has 2 rings (SSSR count). The normalized spacial score (nSPS) is 15.8. The van der Waals surface area contributed by atoms with E-state index >= 15 is 0 Å². The predicted molar refractivity (Wildman–Crippen MR) is 125 cm³/mol. The van der Waals surface area contributed by atoms with Crippen LogP contribution in [0.4, 0.5) is 0 Å². The van der Waals surface area contributed by atoms with Crippen molar-refractivity contribution in [3.05, 3.63) is 29.3 Å². The van der Waals surface area contributed by atoms with Gasteiger partial charge in [-0.15, -0.1) is 24.0 Å². The molecule has 1 aromatic carbocycles. The van der Waals surface area contributed by atoms with Crippen molar-refractivity contribution in [1.82, 2.24) is 10.6 Å². The minimum atomic E-state index is -3.18. The van der Waals surface area contributed by atoms with E-state index in [1.807, 2.05) is 19.1 Å². The summed E-state index contributed by atoms with van der Waals surface area (Å²) in [4.78, 5) is 4.61. The number of sulfone groups is 1. The second-order valence-corrected chi connectivity index (χ2v) is 9.19. The summed E-state index contributed by atoms with van der Waals surface area (Å²) in [6, 6.07) is 5.40. The van der Waals surface area contributed by atoms with Crippen molar-refractivity contribution in [2.24, 2.45) is 4.99 Å². The fraction of sp³-hybridized carbons (Fsp3) is 0.650. The van der Waals surface area contributed by atoms with Gasteiger partial charge in [-0.2, -0.15) is 0 Å². The van der Waals surface area contributed by atoms with Gasteiger partial charge in [0.2, 0.25) is 0 Å². The van der Waals surface area contributed by atoms with Gasteiger partial charge < -0.3 is 15.4 Å². The maximum atomic E-state index is 11.7. The number of halogens is 1. The highest BCUT2D eigenvalue weighted by atomic mass is 127. The quantitative estimate of drug-likeness (QED) is 0.236. The van der Waals surface area contributed by atoms with Crippen LogP contribution in [0.15, 0.2) is 28.1 Å². The van der Waals surface area contributed by atoms with E-state index in [1.54, 1.807) is 13.1 Å². The molecular formula is C20H34IN3O3S. The average Bonchev–Trinajstić information content (AvgIpc) is 2.64. The van der Waals surface area contributed by atoms with Gasteiger partial charge in [0, 0.05) is 33.0 Å². The third-order valence-corrected chi connectivity index (χ3v) is 6.10. The second kappa shape index (κ2) is 12.6. The van der Waals surface area contributed by atoms with Crippen LogP contribution in [0.25, 0.3) is 0 Å². The maximum absolute atomic E-state index is 11.7. The number of nitrogens with zero attached hydrogens (tertiary/aromatic N) is 1. The molecule has 0 atom stereocenters. The Morgan fingerprint density at radius 2 is 1.93 bits per heavy atom. The molecule has 1 fully saturated rings. The van der Waals surface area contributed by atoms with Crippen LogP contribution in [-0.4, -0.2) is 46.9 Å². The standard InChI is InChI=1S/C20H33N3O3S.HI/c1-16-14-17(10-11-19(16)27(3,24)25)15-23-20(21-2)22-12-7-13-26-18-8-5-4-6-9-18;/h10-11,14,18H,4-9,12-13,15H2,1-3H3,(H2,21,22,23);1H. The molecule has 2 N–H and O–H groups in total. The van der Waals surface area contributed by atoms with E-state index in [1.165, 1.54) is 38.4 Å². The van der Waals surface area contributed by atoms with Crippen molar-refractivity contribution >= 4 is 39.8 Å². The largest absolute Gasteiger partial charge is 0.378 e. The molecule has 0 radical (unpaired) electrons.